The first kappa shape index (κ1) is 9.13. The molecular weight excluding hydrogens is 178 g/mol. The lowest BCUT2D eigenvalue weighted by Crippen LogP contribution is -2.08. The van der Waals surface area contributed by atoms with Gasteiger partial charge in [0.1, 0.15) is 5.69 Å². The molecule has 0 N–H and O–H groups in total. The summed E-state index contributed by atoms with van der Waals surface area (Å²) in [7, 11) is 1.35. The minimum absolute atomic E-state index is 0.358. The van der Waals surface area contributed by atoms with E-state index in [4.69, 9.17) is 11.6 Å². The third-order valence-corrected chi connectivity index (χ3v) is 1.81. The van der Waals surface area contributed by atoms with Gasteiger partial charge in [0.25, 0.3) is 0 Å². The maximum Gasteiger partial charge on any atom is 0.354 e. The second-order valence-corrected chi connectivity index (χ2v) is 2.76. The highest BCUT2D eigenvalue weighted by atomic mass is 35.5. The van der Waals surface area contributed by atoms with E-state index in [-0.39, 0.29) is 5.97 Å². The van der Waals surface area contributed by atoms with Gasteiger partial charge in [-0.25, -0.2) is 4.79 Å². The molecule has 0 bridgehead atoms. The number of carbonyl (C=O) groups excluding carboxylic acids is 1. The maximum atomic E-state index is 11.1. The van der Waals surface area contributed by atoms with Crippen LogP contribution in [0.25, 0.3) is 0 Å². The minimum atomic E-state index is -0.358. The van der Waals surface area contributed by atoms with Crippen LogP contribution in [0.1, 0.15) is 17.4 Å². The summed E-state index contributed by atoms with van der Waals surface area (Å²) in [5.41, 5.74) is 0.491. The Morgan fingerprint density at radius 3 is 2.92 bits per heavy atom. The molecule has 0 amide bonds. The minimum Gasteiger partial charge on any atom is -0.464 e. The topological polar surface area (TPSA) is 31.2 Å². The molecule has 0 aliphatic carbocycles. The van der Waals surface area contributed by atoms with Gasteiger partial charge in [-0.2, -0.15) is 0 Å². The van der Waals surface area contributed by atoms with Crippen molar-refractivity contribution in [3.05, 3.63) is 23.0 Å². The van der Waals surface area contributed by atoms with Gasteiger partial charge in [-0.15, -0.1) is 0 Å². The average molecular weight is 188 g/mol. The molecule has 1 rings (SSSR count). The molecule has 0 radical (unpaired) electrons. The van der Waals surface area contributed by atoms with Gasteiger partial charge in [0.05, 0.1) is 12.1 Å². The Hall–Kier alpha value is -0.960. The summed E-state index contributed by atoms with van der Waals surface area (Å²) in [6, 6.07) is 1.59. The summed E-state index contributed by atoms with van der Waals surface area (Å²) in [6.07, 6.45) is 1.70. The summed E-state index contributed by atoms with van der Waals surface area (Å²) in [5, 5.41) is 0.553. The van der Waals surface area contributed by atoms with Crippen molar-refractivity contribution in [3.8, 4) is 0 Å². The van der Waals surface area contributed by atoms with Gasteiger partial charge < -0.3 is 9.30 Å². The number of hydrogen-bond acceptors (Lipinski definition) is 2. The Bertz CT molecular complexity index is 293. The molecule has 66 valence electrons. The predicted molar refractivity (Wildman–Crippen MR) is 46.5 cm³/mol. The summed E-state index contributed by atoms with van der Waals surface area (Å²) in [4.78, 5) is 11.1. The van der Waals surface area contributed by atoms with E-state index < -0.39 is 0 Å². The quantitative estimate of drug-likeness (QED) is 0.663. The lowest BCUT2D eigenvalue weighted by atomic mass is 10.4. The number of methoxy groups -OCH3 is 1. The molecule has 0 aliphatic rings. The maximum absolute atomic E-state index is 11.1. The Kier molecular flexibility index (Phi) is 2.76. The SMILES string of the molecule is CCn1cc(Cl)cc1C(=O)OC. The first-order valence-corrected chi connectivity index (χ1v) is 4.00. The number of carbonyl (C=O) groups is 1. The van der Waals surface area contributed by atoms with Crippen LogP contribution < -0.4 is 0 Å². The van der Waals surface area contributed by atoms with E-state index in [1.807, 2.05) is 6.92 Å². The number of nitrogens with zero attached hydrogens (tertiary/aromatic N) is 1. The highest BCUT2D eigenvalue weighted by Gasteiger charge is 2.11. The number of ether oxygens (including phenoxy) is 1. The molecule has 0 aliphatic heterocycles. The van der Waals surface area contributed by atoms with Gasteiger partial charge in [0.15, 0.2) is 0 Å². The second-order valence-electron chi connectivity index (χ2n) is 2.32. The molecule has 0 aromatic carbocycles. The summed E-state index contributed by atoms with van der Waals surface area (Å²) < 4.78 is 6.32. The first-order valence-electron chi connectivity index (χ1n) is 3.63. The second kappa shape index (κ2) is 3.63. The Balaban J connectivity index is 3.04. The van der Waals surface area contributed by atoms with Crippen molar-refractivity contribution in [2.45, 2.75) is 13.5 Å². The van der Waals surface area contributed by atoms with E-state index in [1.54, 1.807) is 16.8 Å². The summed E-state index contributed by atoms with van der Waals surface area (Å²) >= 11 is 5.72. The van der Waals surface area contributed by atoms with Gasteiger partial charge in [0.2, 0.25) is 0 Å². The molecule has 1 aromatic heterocycles. The molecule has 12 heavy (non-hydrogen) atoms. The number of aromatic nitrogens is 1. The predicted octanol–water partition coefficient (Wildman–Crippen LogP) is 1.95. The number of rotatable bonds is 2. The zero-order valence-electron chi connectivity index (χ0n) is 7.00. The van der Waals surface area contributed by atoms with E-state index in [1.165, 1.54) is 7.11 Å². The van der Waals surface area contributed by atoms with Crippen LogP contribution in [0.15, 0.2) is 12.3 Å². The summed E-state index contributed by atoms with van der Waals surface area (Å²) in [5.74, 6) is -0.358. The number of halogens is 1. The smallest absolute Gasteiger partial charge is 0.354 e. The Morgan fingerprint density at radius 1 is 1.75 bits per heavy atom. The number of hydrogen-bond donors (Lipinski definition) is 0. The van der Waals surface area contributed by atoms with Gasteiger partial charge in [-0.1, -0.05) is 11.6 Å². The van der Waals surface area contributed by atoms with E-state index in [0.29, 0.717) is 17.3 Å². The lowest BCUT2D eigenvalue weighted by Gasteiger charge is -2.02. The normalized spacial score (nSPS) is 9.92. The molecule has 1 heterocycles. The van der Waals surface area contributed by atoms with Crippen LogP contribution in [0.3, 0.4) is 0 Å². The van der Waals surface area contributed by atoms with Gasteiger partial charge in [-0.05, 0) is 13.0 Å². The molecular formula is C8H10ClNO2. The fourth-order valence-corrected chi connectivity index (χ4v) is 1.23. The molecule has 0 saturated carbocycles. The zero-order chi connectivity index (χ0) is 9.14. The summed E-state index contributed by atoms with van der Waals surface area (Å²) in [6.45, 7) is 2.64. The van der Waals surface area contributed by atoms with Crippen molar-refractivity contribution in [1.82, 2.24) is 4.57 Å². The lowest BCUT2D eigenvalue weighted by molar-refractivity contribution is 0.0588. The molecule has 3 nitrogen and oxygen atoms in total. The van der Waals surface area contributed by atoms with Gasteiger partial charge in [0, 0.05) is 12.7 Å². The average Bonchev–Trinajstić information content (AvgIpc) is 2.45. The van der Waals surface area contributed by atoms with E-state index in [0.717, 1.165) is 0 Å². The fourth-order valence-electron chi connectivity index (χ4n) is 1.01. The molecule has 0 fully saturated rings. The van der Waals surface area contributed by atoms with Crippen LogP contribution in [0.4, 0.5) is 0 Å². The molecule has 0 atom stereocenters. The molecule has 0 spiro atoms. The highest BCUT2D eigenvalue weighted by molar-refractivity contribution is 6.30. The van der Waals surface area contributed by atoms with Crippen molar-refractivity contribution in [2.24, 2.45) is 0 Å². The van der Waals surface area contributed by atoms with Crippen LogP contribution in [0.2, 0.25) is 5.02 Å². The third kappa shape index (κ3) is 1.61. The van der Waals surface area contributed by atoms with E-state index in [2.05, 4.69) is 4.74 Å². The molecule has 4 heteroatoms. The Labute approximate surface area is 75.9 Å². The molecule has 0 unspecified atom stereocenters. The van der Waals surface area contributed by atoms with Crippen LogP contribution in [0, 0.1) is 0 Å². The van der Waals surface area contributed by atoms with Crippen LogP contribution in [0.5, 0.6) is 0 Å². The molecule has 0 saturated heterocycles. The van der Waals surface area contributed by atoms with Crippen molar-refractivity contribution < 1.29 is 9.53 Å². The number of aryl methyl sites for hydroxylation is 1. The van der Waals surface area contributed by atoms with Gasteiger partial charge >= 0.3 is 5.97 Å². The first-order chi connectivity index (χ1) is 5.69. The molecule has 1 aromatic rings. The largest absolute Gasteiger partial charge is 0.464 e. The van der Waals surface area contributed by atoms with E-state index >= 15 is 0 Å². The van der Waals surface area contributed by atoms with Gasteiger partial charge in [-0.3, -0.25) is 0 Å². The fraction of sp³-hybridized carbons (Fsp3) is 0.375. The Morgan fingerprint density at radius 2 is 2.42 bits per heavy atom. The highest BCUT2D eigenvalue weighted by Crippen LogP contribution is 2.14. The third-order valence-electron chi connectivity index (χ3n) is 1.60. The van der Waals surface area contributed by atoms with Crippen molar-refractivity contribution in [2.75, 3.05) is 7.11 Å². The monoisotopic (exact) mass is 187 g/mol. The standard InChI is InChI=1S/C8H10ClNO2/c1-3-10-5-6(9)4-7(10)8(11)12-2/h4-5H,3H2,1-2H3. The zero-order valence-corrected chi connectivity index (χ0v) is 7.76. The van der Waals surface area contributed by atoms with Crippen LogP contribution in [-0.2, 0) is 11.3 Å². The van der Waals surface area contributed by atoms with Crippen molar-refractivity contribution in [1.29, 1.82) is 0 Å². The van der Waals surface area contributed by atoms with Crippen molar-refractivity contribution in [3.63, 3.8) is 0 Å². The van der Waals surface area contributed by atoms with Crippen molar-refractivity contribution >= 4 is 17.6 Å². The van der Waals surface area contributed by atoms with E-state index in [9.17, 15) is 4.79 Å². The van der Waals surface area contributed by atoms with Crippen LogP contribution in [-0.4, -0.2) is 17.6 Å². The number of esters is 1. The van der Waals surface area contributed by atoms with Crippen LogP contribution >= 0.6 is 11.6 Å².